The number of nitrogens with zero attached hydrogens (tertiary/aromatic N) is 1. The molecule has 1 atom stereocenters. The van der Waals surface area contributed by atoms with E-state index in [0.29, 0.717) is 0 Å². The minimum atomic E-state index is -3.70. The van der Waals surface area contributed by atoms with E-state index in [1.54, 1.807) is 0 Å². The fourth-order valence-electron chi connectivity index (χ4n) is 1.73. The average Bonchev–Trinajstić information content (AvgIpc) is 2.36. The number of nitrogen functional groups attached to an aromatic ring is 1. The Morgan fingerprint density at radius 3 is 2.20 bits per heavy atom. The van der Waals surface area contributed by atoms with Crippen LogP contribution in [0.3, 0.4) is 0 Å². The van der Waals surface area contributed by atoms with Crippen molar-refractivity contribution in [3.05, 3.63) is 23.8 Å². The monoisotopic (exact) mass is 299 g/mol. The summed E-state index contributed by atoms with van der Waals surface area (Å²) >= 11 is 0. The molecule has 7 heteroatoms. The van der Waals surface area contributed by atoms with Crippen LogP contribution in [-0.4, -0.2) is 31.7 Å². The third-order valence-corrected chi connectivity index (χ3v) is 5.51. The van der Waals surface area contributed by atoms with Crippen molar-refractivity contribution < 1.29 is 13.2 Å². The van der Waals surface area contributed by atoms with Crippen LogP contribution in [0, 0.1) is 5.92 Å². The molecule has 1 amide bonds. The van der Waals surface area contributed by atoms with Crippen molar-refractivity contribution >= 4 is 21.6 Å². The summed E-state index contributed by atoms with van der Waals surface area (Å²) in [6.45, 7) is 5.71. The molecule has 0 aliphatic heterocycles. The number of hydrogen-bond donors (Lipinski definition) is 2. The number of carbonyl (C=O) groups is 1. The Balaban J connectivity index is 3.26. The van der Waals surface area contributed by atoms with Gasteiger partial charge in [-0.15, -0.1) is 0 Å². The molecule has 0 heterocycles. The van der Waals surface area contributed by atoms with Gasteiger partial charge in [0, 0.05) is 18.7 Å². The predicted octanol–water partition coefficient (Wildman–Crippen LogP) is 1.03. The number of amides is 1. The van der Waals surface area contributed by atoms with Crippen molar-refractivity contribution in [1.29, 1.82) is 0 Å². The first-order valence-corrected chi connectivity index (χ1v) is 7.70. The smallest absolute Gasteiger partial charge is 0.248 e. The SMILES string of the molecule is CC(C)C(C)N(C)S(=O)(=O)c1ccc(C(N)=O)cc1N. The summed E-state index contributed by atoms with van der Waals surface area (Å²) in [5, 5.41) is 0. The van der Waals surface area contributed by atoms with E-state index >= 15 is 0 Å². The first-order valence-electron chi connectivity index (χ1n) is 6.26. The van der Waals surface area contributed by atoms with E-state index in [9.17, 15) is 13.2 Å². The molecule has 1 aromatic rings. The highest BCUT2D eigenvalue weighted by Gasteiger charge is 2.28. The number of sulfonamides is 1. The van der Waals surface area contributed by atoms with Gasteiger partial charge in [0.1, 0.15) is 4.90 Å². The molecule has 1 unspecified atom stereocenters. The number of primary amides is 1. The van der Waals surface area contributed by atoms with Gasteiger partial charge in [-0.05, 0) is 31.0 Å². The largest absolute Gasteiger partial charge is 0.398 e. The van der Waals surface area contributed by atoms with E-state index in [2.05, 4.69) is 0 Å². The molecule has 0 fully saturated rings. The first-order chi connectivity index (χ1) is 9.09. The van der Waals surface area contributed by atoms with E-state index in [1.165, 1.54) is 29.6 Å². The van der Waals surface area contributed by atoms with Gasteiger partial charge in [0.2, 0.25) is 15.9 Å². The molecule has 4 N–H and O–H groups in total. The van der Waals surface area contributed by atoms with Crippen molar-refractivity contribution in [3.8, 4) is 0 Å². The number of anilines is 1. The zero-order chi connectivity index (χ0) is 15.7. The van der Waals surface area contributed by atoms with E-state index in [-0.39, 0.29) is 28.1 Å². The summed E-state index contributed by atoms with van der Waals surface area (Å²) < 4.78 is 26.3. The number of benzene rings is 1. The van der Waals surface area contributed by atoms with Crippen molar-refractivity contribution in [2.45, 2.75) is 31.7 Å². The maximum atomic E-state index is 12.5. The van der Waals surface area contributed by atoms with Crippen molar-refractivity contribution in [1.82, 2.24) is 4.31 Å². The lowest BCUT2D eigenvalue weighted by Gasteiger charge is -2.27. The lowest BCUT2D eigenvalue weighted by atomic mass is 10.1. The summed E-state index contributed by atoms with van der Waals surface area (Å²) in [6, 6.07) is 3.78. The van der Waals surface area contributed by atoms with E-state index in [1.807, 2.05) is 20.8 Å². The van der Waals surface area contributed by atoms with Gasteiger partial charge in [-0.25, -0.2) is 8.42 Å². The molecule has 0 bridgehead atoms. The number of hydrogen-bond acceptors (Lipinski definition) is 4. The van der Waals surface area contributed by atoms with Gasteiger partial charge in [0.25, 0.3) is 0 Å². The van der Waals surface area contributed by atoms with E-state index in [0.717, 1.165) is 0 Å². The fraction of sp³-hybridized carbons (Fsp3) is 0.462. The second kappa shape index (κ2) is 5.80. The molecule has 0 saturated carbocycles. The Labute approximate surface area is 119 Å². The molecular weight excluding hydrogens is 278 g/mol. The number of rotatable bonds is 5. The number of carbonyl (C=O) groups excluding carboxylic acids is 1. The highest BCUT2D eigenvalue weighted by atomic mass is 32.2. The standard InChI is InChI=1S/C13H21N3O3S/c1-8(2)9(3)16(4)20(18,19)12-6-5-10(13(15)17)7-11(12)14/h5-9H,14H2,1-4H3,(H2,15,17). The second-order valence-electron chi connectivity index (χ2n) is 5.12. The molecule has 0 radical (unpaired) electrons. The van der Waals surface area contributed by atoms with Gasteiger partial charge in [0.05, 0.1) is 5.69 Å². The molecule has 6 nitrogen and oxygen atoms in total. The third kappa shape index (κ3) is 3.10. The summed E-state index contributed by atoms with van der Waals surface area (Å²) in [6.07, 6.45) is 0. The normalized spacial score (nSPS) is 13.7. The van der Waals surface area contributed by atoms with Crippen LogP contribution in [0.4, 0.5) is 5.69 Å². The highest BCUT2D eigenvalue weighted by Crippen LogP contribution is 2.25. The topological polar surface area (TPSA) is 106 Å². The number of nitrogens with two attached hydrogens (primary N) is 2. The van der Waals surface area contributed by atoms with Crippen LogP contribution in [0.2, 0.25) is 0 Å². The van der Waals surface area contributed by atoms with Crippen LogP contribution < -0.4 is 11.5 Å². The molecule has 0 spiro atoms. The van der Waals surface area contributed by atoms with Gasteiger partial charge in [-0.1, -0.05) is 13.8 Å². The Morgan fingerprint density at radius 2 is 1.80 bits per heavy atom. The first kappa shape index (κ1) is 16.5. The molecule has 20 heavy (non-hydrogen) atoms. The molecule has 0 aliphatic rings. The Bertz CT molecular complexity index is 611. The zero-order valence-corrected chi connectivity index (χ0v) is 12.9. The van der Waals surface area contributed by atoms with Crippen LogP contribution in [-0.2, 0) is 10.0 Å². The van der Waals surface area contributed by atoms with Crippen molar-refractivity contribution in [2.24, 2.45) is 11.7 Å². The Hall–Kier alpha value is -1.60. The lowest BCUT2D eigenvalue weighted by Crippen LogP contribution is -2.38. The Kier molecular flexibility index (Phi) is 4.77. The minimum absolute atomic E-state index is 0.0162. The predicted molar refractivity (Wildman–Crippen MR) is 78.6 cm³/mol. The van der Waals surface area contributed by atoms with Gasteiger partial charge in [0.15, 0.2) is 0 Å². The molecule has 1 aromatic carbocycles. The van der Waals surface area contributed by atoms with Crippen LogP contribution >= 0.6 is 0 Å². The maximum Gasteiger partial charge on any atom is 0.248 e. The summed E-state index contributed by atoms with van der Waals surface area (Å²) in [4.78, 5) is 11.0. The zero-order valence-electron chi connectivity index (χ0n) is 12.1. The fourth-order valence-corrected chi connectivity index (χ4v) is 3.32. The average molecular weight is 299 g/mol. The molecule has 0 saturated heterocycles. The van der Waals surface area contributed by atoms with Crippen LogP contribution in [0.25, 0.3) is 0 Å². The molecule has 112 valence electrons. The molecule has 1 rings (SSSR count). The lowest BCUT2D eigenvalue weighted by molar-refractivity contribution is 0.1000. The highest BCUT2D eigenvalue weighted by molar-refractivity contribution is 7.89. The molecule has 0 aromatic heterocycles. The summed E-state index contributed by atoms with van der Waals surface area (Å²) in [7, 11) is -2.18. The van der Waals surface area contributed by atoms with Gasteiger partial charge in [-0.3, -0.25) is 4.79 Å². The molecule has 0 aliphatic carbocycles. The van der Waals surface area contributed by atoms with Crippen molar-refractivity contribution in [3.63, 3.8) is 0 Å². The minimum Gasteiger partial charge on any atom is -0.398 e. The second-order valence-corrected chi connectivity index (χ2v) is 7.09. The quantitative estimate of drug-likeness (QED) is 0.792. The van der Waals surface area contributed by atoms with Gasteiger partial charge in [-0.2, -0.15) is 4.31 Å². The van der Waals surface area contributed by atoms with Crippen LogP contribution in [0.15, 0.2) is 23.1 Å². The maximum absolute atomic E-state index is 12.5. The molecular formula is C13H21N3O3S. The van der Waals surface area contributed by atoms with Gasteiger partial charge >= 0.3 is 0 Å². The van der Waals surface area contributed by atoms with Gasteiger partial charge < -0.3 is 11.5 Å². The van der Waals surface area contributed by atoms with Crippen LogP contribution in [0.5, 0.6) is 0 Å². The summed E-state index contributed by atoms with van der Waals surface area (Å²) in [5.74, 6) is -0.481. The third-order valence-electron chi connectivity index (χ3n) is 3.49. The van der Waals surface area contributed by atoms with E-state index < -0.39 is 15.9 Å². The Morgan fingerprint density at radius 1 is 1.25 bits per heavy atom. The van der Waals surface area contributed by atoms with E-state index in [4.69, 9.17) is 11.5 Å². The summed E-state index contributed by atoms with van der Waals surface area (Å²) in [5.41, 5.74) is 11.1. The van der Waals surface area contributed by atoms with Crippen LogP contribution in [0.1, 0.15) is 31.1 Å². The van der Waals surface area contributed by atoms with Crippen molar-refractivity contribution in [2.75, 3.05) is 12.8 Å².